The zero-order chi connectivity index (χ0) is 34.9. The van der Waals surface area contributed by atoms with E-state index >= 15 is 0 Å². The molecule has 4 atom stereocenters. The van der Waals surface area contributed by atoms with Crippen molar-refractivity contribution in [1.82, 2.24) is 5.32 Å². The molecule has 0 fully saturated rings. The zero-order valence-corrected chi connectivity index (χ0v) is 31.5. The molecule has 0 aromatic rings. The van der Waals surface area contributed by atoms with E-state index in [4.69, 9.17) is 14.8 Å². The van der Waals surface area contributed by atoms with E-state index in [0.717, 1.165) is 44.9 Å². The molecule has 0 saturated heterocycles. The van der Waals surface area contributed by atoms with Crippen LogP contribution in [0.4, 0.5) is 0 Å². The van der Waals surface area contributed by atoms with E-state index in [-0.39, 0.29) is 26.2 Å². The lowest BCUT2D eigenvalue weighted by atomic mass is 10.0. The molecule has 0 bridgehead atoms. The summed E-state index contributed by atoms with van der Waals surface area (Å²) in [5, 5.41) is 24.0. The Hall–Kier alpha value is -0.540. The number of aliphatic hydroxyl groups excluding tert-OH is 2. The summed E-state index contributed by atoms with van der Waals surface area (Å²) < 4.78 is 21.9. The van der Waals surface area contributed by atoms with Crippen LogP contribution in [-0.4, -0.2) is 59.0 Å². The molecule has 0 heterocycles. The SMILES string of the molecule is CCCCCCCCCCCCCCCCCCCCC(O)CC(=O)NC(COP(=O)(O)OCCN)C(O)CCCCCCCCC. The molecule has 47 heavy (non-hydrogen) atoms. The standard InChI is InChI=1S/C37H77N2O7P/c1-3-5-7-9-11-12-13-14-15-16-17-18-19-20-21-23-24-26-28-34(40)32-37(42)39-35(33-46-47(43,44)45-31-30-38)36(41)29-27-25-22-10-8-6-4-2/h34-36,40-41H,3-33,38H2,1-2H3,(H,39,42)(H,43,44). The van der Waals surface area contributed by atoms with Gasteiger partial charge in [0.15, 0.2) is 0 Å². The van der Waals surface area contributed by atoms with E-state index in [0.29, 0.717) is 12.8 Å². The number of carbonyl (C=O) groups excluding carboxylic acids is 1. The van der Waals surface area contributed by atoms with Crippen LogP contribution >= 0.6 is 7.82 Å². The maximum Gasteiger partial charge on any atom is 0.472 e. The lowest BCUT2D eigenvalue weighted by Crippen LogP contribution is -2.47. The predicted octanol–water partition coefficient (Wildman–Crippen LogP) is 9.25. The first-order valence-corrected chi connectivity index (χ1v) is 21.2. The van der Waals surface area contributed by atoms with Crippen LogP contribution in [0.2, 0.25) is 0 Å². The Bertz CT molecular complexity index is 731. The van der Waals surface area contributed by atoms with Gasteiger partial charge in [-0.1, -0.05) is 174 Å². The van der Waals surface area contributed by atoms with Gasteiger partial charge in [0.05, 0.1) is 37.9 Å². The van der Waals surface area contributed by atoms with Gasteiger partial charge in [-0.25, -0.2) is 4.57 Å². The summed E-state index contributed by atoms with van der Waals surface area (Å²) in [5.74, 6) is -0.414. The van der Waals surface area contributed by atoms with Crippen molar-refractivity contribution in [3.05, 3.63) is 0 Å². The highest BCUT2D eigenvalue weighted by molar-refractivity contribution is 7.47. The lowest BCUT2D eigenvalue weighted by Gasteiger charge is -2.25. The largest absolute Gasteiger partial charge is 0.472 e. The molecule has 0 spiro atoms. The molecule has 6 N–H and O–H groups in total. The number of aliphatic hydroxyl groups is 2. The van der Waals surface area contributed by atoms with Gasteiger partial charge < -0.3 is 26.2 Å². The molecule has 10 heteroatoms. The van der Waals surface area contributed by atoms with Crippen LogP contribution in [0.15, 0.2) is 0 Å². The number of hydrogen-bond donors (Lipinski definition) is 5. The highest BCUT2D eigenvalue weighted by Crippen LogP contribution is 2.43. The van der Waals surface area contributed by atoms with E-state index in [1.165, 1.54) is 116 Å². The number of amides is 1. The van der Waals surface area contributed by atoms with Crippen molar-refractivity contribution >= 4 is 13.7 Å². The Labute approximate surface area is 289 Å². The summed E-state index contributed by atoms with van der Waals surface area (Å²) in [7, 11) is -4.36. The third-order valence-corrected chi connectivity index (χ3v) is 10.00. The molecule has 0 saturated carbocycles. The van der Waals surface area contributed by atoms with Crippen molar-refractivity contribution in [3.63, 3.8) is 0 Å². The average Bonchev–Trinajstić information content (AvgIpc) is 3.04. The number of phosphoric acid groups is 1. The van der Waals surface area contributed by atoms with Crippen LogP contribution in [0.3, 0.4) is 0 Å². The van der Waals surface area contributed by atoms with E-state index in [1.54, 1.807) is 0 Å². The lowest BCUT2D eigenvalue weighted by molar-refractivity contribution is -0.125. The second-order valence-electron chi connectivity index (χ2n) is 13.7. The molecule has 0 aromatic heterocycles. The number of nitrogens with one attached hydrogen (secondary N) is 1. The summed E-state index contributed by atoms with van der Waals surface area (Å²) in [6.07, 6.45) is 30.3. The molecular formula is C37H77N2O7P. The van der Waals surface area contributed by atoms with Gasteiger partial charge in [0.2, 0.25) is 5.91 Å². The van der Waals surface area contributed by atoms with Crippen molar-refractivity contribution in [3.8, 4) is 0 Å². The molecule has 9 nitrogen and oxygen atoms in total. The monoisotopic (exact) mass is 693 g/mol. The maximum atomic E-state index is 12.7. The molecule has 0 aromatic carbocycles. The number of hydrogen-bond acceptors (Lipinski definition) is 7. The fraction of sp³-hybridized carbons (Fsp3) is 0.973. The Morgan fingerprint density at radius 2 is 1.02 bits per heavy atom. The van der Waals surface area contributed by atoms with Crippen LogP contribution in [0.1, 0.15) is 194 Å². The van der Waals surface area contributed by atoms with Gasteiger partial charge >= 0.3 is 7.82 Å². The van der Waals surface area contributed by atoms with Crippen LogP contribution in [0.25, 0.3) is 0 Å². The topological polar surface area (TPSA) is 151 Å². The minimum Gasteiger partial charge on any atom is -0.393 e. The molecule has 282 valence electrons. The van der Waals surface area contributed by atoms with E-state index in [1.807, 2.05) is 0 Å². The third-order valence-electron chi connectivity index (χ3n) is 9.02. The van der Waals surface area contributed by atoms with E-state index < -0.39 is 32.0 Å². The molecule has 0 radical (unpaired) electrons. The minimum atomic E-state index is -4.36. The first-order chi connectivity index (χ1) is 22.8. The number of nitrogens with two attached hydrogens (primary N) is 1. The predicted molar refractivity (Wildman–Crippen MR) is 195 cm³/mol. The second-order valence-corrected chi connectivity index (χ2v) is 15.1. The van der Waals surface area contributed by atoms with Gasteiger partial charge in [0, 0.05) is 6.54 Å². The van der Waals surface area contributed by atoms with Crippen molar-refractivity contribution in [2.45, 2.75) is 212 Å². The Balaban J connectivity index is 4.12. The van der Waals surface area contributed by atoms with Gasteiger partial charge in [0.25, 0.3) is 0 Å². The second kappa shape index (κ2) is 33.9. The minimum absolute atomic E-state index is 0.0618. The van der Waals surface area contributed by atoms with E-state index in [9.17, 15) is 24.5 Å². The number of carbonyl (C=O) groups is 1. The Morgan fingerprint density at radius 3 is 1.43 bits per heavy atom. The molecule has 0 rings (SSSR count). The molecule has 0 aliphatic carbocycles. The number of phosphoric ester groups is 1. The maximum absolute atomic E-state index is 12.7. The van der Waals surface area contributed by atoms with Gasteiger partial charge in [-0.3, -0.25) is 13.8 Å². The molecular weight excluding hydrogens is 615 g/mol. The fourth-order valence-corrected chi connectivity index (χ4v) is 6.76. The zero-order valence-electron chi connectivity index (χ0n) is 30.7. The third kappa shape index (κ3) is 32.4. The highest BCUT2D eigenvalue weighted by Gasteiger charge is 2.28. The van der Waals surface area contributed by atoms with Crippen molar-refractivity contribution in [2.24, 2.45) is 5.73 Å². The summed E-state index contributed by atoms with van der Waals surface area (Å²) >= 11 is 0. The summed E-state index contributed by atoms with van der Waals surface area (Å²) in [5.41, 5.74) is 5.34. The fourth-order valence-electron chi connectivity index (χ4n) is 6.00. The summed E-state index contributed by atoms with van der Waals surface area (Å²) in [6.45, 7) is 3.99. The number of rotatable bonds is 37. The quantitative estimate of drug-likeness (QED) is 0.0319. The smallest absolute Gasteiger partial charge is 0.393 e. The van der Waals surface area contributed by atoms with Crippen LogP contribution in [-0.2, 0) is 18.4 Å². The summed E-state index contributed by atoms with van der Waals surface area (Å²) in [6, 6.07) is -0.887. The van der Waals surface area contributed by atoms with Crippen molar-refractivity contribution in [2.75, 3.05) is 19.8 Å². The van der Waals surface area contributed by atoms with Gasteiger partial charge in [0.1, 0.15) is 0 Å². The molecule has 4 unspecified atom stereocenters. The van der Waals surface area contributed by atoms with Crippen LogP contribution < -0.4 is 11.1 Å². The van der Waals surface area contributed by atoms with Crippen LogP contribution in [0, 0.1) is 0 Å². The number of unbranched alkanes of at least 4 members (excludes halogenated alkanes) is 23. The van der Waals surface area contributed by atoms with Gasteiger partial charge in [-0.15, -0.1) is 0 Å². The average molecular weight is 693 g/mol. The normalized spacial score (nSPS) is 14.9. The first-order valence-electron chi connectivity index (χ1n) is 19.7. The summed E-state index contributed by atoms with van der Waals surface area (Å²) in [4.78, 5) is 22.6. The van der Waals surface area contributed by atoms with E-state index in [2.05, 4.69) is 19.2 Å². The van der Waals surface area contributed by atoms with Crippen molar-refractivity contribution < 1.29 is 33.5 Å². The van der Waals surface area contributed by atoms with Gasteiger partial charge in [-0.2, -0.15) is 0 Å². The van der Waals surface area contributed by atoms with Crippen LogP contribution in [0.5, 0.6) is 0 Å². The molecule has 0 aliphatic heterocycles. The Kier molecular flexibility index (Phi) is 33.5. The molecule has 0 aliphatic rings. The molecule has 1 amide bonds. The first kappa shape index (κ1) is 46.5. The Morgan fingerprint density at radius 1 is 0.638 bits per heavy atom. The van der Waals surface area contributed by atoms with Crippen molar-refractivity contribution in [1.29, 1.82) is 0 Å². The van der Waals surface area contributed by atoms with Gasteiger partial charge in [-0.05, 0) is 12.8 Å². The highest BCUT2D eigenvalue weighted by atomic mass is 31.2.